The highest BCUT2D eigenvalue weighted by atomic mass is 32.2. The van der Waals surface area contributed by atoms with Gasteiger partial charge >= 0.3 is 0 Å². The van der Waals surface area contributed by atoms with Gasteiger partial charge in [0, 0.05) is 18.7 Å². The van der Waals surface area contributed by atoms with E-state index >= 15 is 0 Å². The standard InChI is InChI=1S/C9H19NOS/c1-4-9(11)10-5-6-12-7-8(2)3/h8H,4-7H2,1-3H3,(H,10,11). The first-order valence-corrected chi connectivity index (χ1v) is 5.66. The van der Waals surface area contributed by atoms with E-state index in [2.05, 4.69) is 19.2 Å². The van der Waals surface area contributed by atoms with E-state index in [-0.39, 0.29) is 5.91 Å². The molecular formula is C9H19NOS. The fourth-order valence-corrected chi connectivity index (χ4v) is 1.59. The highest BCUT2D eigenvalue weighted by molar-refractivity contribution is 7.99. The summed E-state index contributed by atoms with van der Waals surface area (Å²) in [7, 11) is 0. The van der Waals surface area contributed by atoms with Gasteiger partial charge < -0.3 is 5.32 Å². The second kappa shape index (κ2) is 7.47. The summed E-state index contributed by atoms with van der Waals surface area (Å²) in [4.78, 5) is 10.8. The topological polar surface area (TPSA) is 29.1 Å². The van der Waals surface area contributed by atoms with Crippen molar-refractivity contribution in [1.82, 2.24) is 5.32 Å². The molecule has 1 N–H and O–H groups in total. The molecule has 0 spiro atoms. The summed E-state index contributed by atoms with van der Waals surface area (Å²) in [6, 6.07) is 0. The smallest absolute Gasteiger partial charge is 0.219 e. The summed E-state index contributed by atoms with van der Waals surface area (Å²) in [5.74, 6) is 3.11. The largest absolute Gasteiger partial charge is 0.355 e. The molecule has 2 nitrogen and oxygen atoms in total. The molecule has 0 aliphatic heterocycles. The minimum Gasteiger partial charge on any atom is -0.355 e. The number of thioether (sulfide) groups is 1. The van der Waals surface area contributed by atoms with Gasteiger partial charge in [-0.2, -0.15) is 11.8 Å². The van der Waals surface area contributed by atoms with Gasteiger partial charge in [-0.3, -0.25) is 4.79 Å². The minimum atomic E-state index is 0.153. The Hall–Kier alpha value is -0.180. The summed E-state index contributed by atoms with van der Waals surface area (Å²) in [5.41, 5.74) is 0. The number of hydrogen-bond donors (Lipinski definition) is 1. The molecule has 72 valence electrons. The highest BCUT2D eigenvalue weighted by Crippen LogP contribution is 2.05. The third-order valence-electron chi connectivity index (χ3n) is 1.34. The van der Waals surface area contributed by atoms with Gasteiger partial charge in [-0.25, -0.2) is 0 Å². The number of nitrogens with one attached hydrogen (secondary N) is 1. The normalized spacial score (nSPS) is 10.3. The molecule has 0 aliphatic carbocycles. The maximum Gasteiger partial charge on any atom is 0.219 e. The summed E-state index contributed by atoms with van der Waals surface area (Å²) < 4.78 is 0. The molecule has 0 unspecified atom stereocenters. The molecule has 0 aromatic rings. The van der Waals surface area contributed by atoms with Crippen LogP contribution >= 0.6 is 11.8 Å². The molecule has 0 aliphatic rings. The molecule has 0 aromatic carbocycles. The van der Waals surface area contributed by atoms with Crippen LogP contribution in [0.4, 0.5) is 0 Å². The fourth-order valence-electron chi connectivity index (χ4n) is 0.707. The van der Waals surface area contributed by atoms with Gasteiger partial charge in [0.25, 0.3) is 0 Å². The Bertz CT molecular complexity index is 126. The summed E-state index contributed by atoms with van der Waals surface area (Å²) in [5, 5.41) is 2.85. The molecule has 0 rings (SSSR count). The van der Waals surface area contributed by atoms with Gasteiger partial charge in [-0.05, 0) is 11.7 Å². The van der Waals surface area contributed by atoms with Crippen LogP contribution < -0.4 is 5.32 Å². The van der Waals surface area contributed by atoms with Gasteiger partial charge in [0.2, 0.25) is 5.91 Å². The average Bonchev–Trinajstić information content (AvgIpc) is 2.03. The third-order valence-corrected chi connectivity index (χ3v) is 2.74. The SMILES string of the molecule is CCC(=O)NCCSCC(C)C. The van der Waals surface area contributed by atoms with Crippen molar-refractivity contribution in [3.05, 3.63) is 0 Å². The van der Waals surface area contributed by atoms with Crippen LogP contribution in [-0.4, -0.2) is 24.0 Å². The molecule has 12 heavy (non-hydrogen) atoms. The second-order valence-corrected chi connectivity index (χ2v) is 4.32. The lowest BCUT2D eigenvalue weighted by atomic mass is 10.3. The van der Waals surface area contributed by atoms with Crippen LogP contribution in [0.25, 0.3) is 0 Å². The predicted octanol–water partition coefficient (Wildman–Crippen LogP) is 1.90. The first kappa shape index (κ1) is 11.8. The van der Waals surface area contributed by atoms with Crippen LogP contribution in [0.3, 0.4) is 0 Å². The van der Waals surface area contributed by atoms with Gasteiger partial charge in [-0.15, -0.1) is 0 Å². The van der Waals surface area contributed by atoms with Crippen LogP contribution in [0, 0.1) is 5.92 Å². The van der Waals surface area contributed by atoms with Crippen LogP contribution in [0.2, 0.25) is 0 Å². The average molecular weight is 189 g/mol. The van der Waals surface area contributed by atoms with Crippen molar-refractivity contribution in [3.63, 3.8) is 0 Å². The zero-order valence-corrected chi connectivity index (χ0v) is 9.04. The minimum absolute atomic E-state index is 0.153. The van der Waals surface area contributed by atoms with Crippen LogP contribution in [0.15, 0.2) is 0 Å². The van der Waals surface area contributed by atoms with E-state index in [1.807, 2.05) is 18.7 Å². The number of rotatable bonds is 6. The molecule has 1 amide bonds. The molecule has 0 heterocycles. The van der Waals surface area contributed by atoms with E-state index in [0.29, 0.717) is 6.42 Å². The first-order chi connectivity index (χ1) is 5.66. The molecule has 0 saturated heterocycles. The van der Waals surface area contributed by atoms with E-state index in [1.165, 1.54) is 5.75 Å². The van der Waals surface area contributed by atoms with Gasteiger partial charge in [0.1, 0.15) is 0 Å². The predicted molar refractivity (Wildman–Crippen MR) is 55.5 cm³/mol. The summed E-state index contributed by atoms with van der Waals surface area (Å²) in [6.45, 7) is 7.09. The number of hydrogen-bond acceptors (Lipinski definition) is 2. The van der Waals surface area contributed by atoms with Crippen LogP contribution in [0.1, 0.15) is 27.2 Å². The van der Waals surface area contributed by atoms with Crippen molar-refractivity contribution in [1.29, 1.82) is 0 Å². The lowest BCUT2D eigenvalue weighted by molar-refractivity contribution is -0.120. The lowest BCUT2D eigenvalue weighted by Crippen LogP contribution is -2.24. The van der Waals surface area contributed by atoms with Crippen molar-refractivity contribution in [2.45, 2.75) is 27.2 Å². The molecule has 0 radical (unpaired) electrons. The maximum absolute atomic E-state index is 10.8. The fraction of sp³-hybridized carbons (Fsp3) is 0.889. The van der Waals surface area contributed by atoms with Gasteiger partial charge in [0.05, 0.1) is 0 Å². The molecular weight excluding hydrogens is 170 g/mol. The number of carbonyl (C=O) groups excluding carboxylic acids is 1. The number of amides is 1. The Morgan fingerprint density at radius 2 is 2.17 bits per heavy atom. The summed E-state index contributed by atoms with van der Waals surface area (Å²) >= 11 is 1.90. The van der Waals surface area contributed by atoms with Crippen molar-refractivity contribution in [3.8, 4) is 0 Å². The molecule has 3 heteroatoms. The van der Waals surface area contributed by atoms with E-state index in [0.717, 1.165) is 18.2 Å². The van der Waals surface area contributed by atoms with E-state index in [9.17, 15) is 4.79 Å². The van der Waals surface area contributed by atoms with Crippen molar-refractivity contribution in [2.75, 3.05) is 18.1 Å². The van der Waals surface area contributed by atoms with E-state index < -0.39 is 0 Å². The van der Waals surface area contributed by atoms with Crippen molar-refractivity contribution >= 4 is 17.7 Å². The quantitative estimate of drug-likeness (QED) is 0.647. The highest BCUT2D eigenvalue weighted by Gasteiger charge is 1.96. The van der Waals surface area contributed by atoms with Crippen LogP contribution in [0.5, 0.6) is 0 Å². The molecule has 0 atom stereocenters. The lowest BCUT2D eigenvalue weighted by Gasteiger charge is -2.05. The van der Waals surface area contributed by atoms with E-state index in [4.69, 9.17) is 0 Å². The summed E-state index contributed by atoms with van der Waals surface area (Å²) in [6.07, 6.45) is 0.592. The zero-order chi connectivity index (χ0) is 9.40. The van der Waals surface area contributed by atoms with Crippen LogP contribution in [-0.2, 0) is 4.79 Å². The molecule has 0 fully saturated rings. The first-order valence-electron chi connectivity index (χ1n) is 4.51. The van der Waals surface area contributed by atoms with Crippen molar-refractivity contribution in [2.24, 2.45) is 5.92 Å². The number of carbonyl (C=O) groups is 1. The molecule has 0 bridgehead atoms. The zero-order valence-electron chi connectivity index (χ0n) is 8.22. The van der Waals surface area contributed by atoms with Gasteiger partial charge in [0.15, 0.2) is 0 Å². The van der Waals surface area contributed by atoms with Crippen molar-refractivity contribution < 1.29 is 4.79 Å². The Morgan fingerprint density at radius 1 is 1.50 bits per heavy atom. The molecule has 0 aromatic heterocycles. The Morgan fingerprint density at radius 3 is 2.67 bits per heavy atom. The van der Waals surface area contributed by atoms with Gasteiger partial charge in [-0.1, -0.05) is 20.8 Å². The van der Waals surface area contributed by atoms with E-state index in [1.54, 1.807) is 0 Å². The Balaban J connectivity index is 3.05. The second-order valence-electron chi connectivity index (χ2n) is 3.17. The Labute approximate surface area is 79.5 Å². The third kappa shape index (κ3) is 7.92. The molecule has 0 saturated carbocycles. The monoisotopic (exact) mass is 189 g/mol. The Kier molecular flexibility index (Phi) is 7.36. The maximum atomic E-state index is 10.8.